The van der Waals surface area contributed by atoms with Gasteiger partial charge in [0.2, 0.25) is 0 Å². The van der Waals surface area contributed by atoms with Crippen LogP contribution in [0.5, 0.6) is 5.75 Å². The van der Waals surface area contributed by atoms with Gasteiger partial charge in [-0.25, -0.2) is 4.39 Å². The van der Waals surface area contributed by atoms with Crippen LogP contribution in [0.4, 0.5) is 4.39 Å². The summed E-state index contributed by atoms with van der Waals surface area (Å²) in [6.07, 6.45) is 1.27. The molecule has 1 aliphatic rings. The number of hydrogen-bond acceptors (Lipinski definition) is 4. The fourth-order valence-electron chi connectivity index (χ4n) is 3.03. The number of amides is 1. The number of carbonyl (C=O) groups excluding carboxylic acids is 1. The topological polar surface area (TPSA) is 38.3 Å². The van der Waals surface area contributed by atoms with E-state index >= 15 is 0 Å². The zero-order chi connectivity index (χ0) is 20.0. The summed E-state index contributed by atoms with van der Waals surface area (Å²) in [6, 6.07) is 14.6. The van der Waals surface area contributed by atoms with Gasteiger partial charge in [0, 0.05) is 12.0 Å². The fourth-order valence-corrected chi connectivity index (χ4v) is 5.92. The summed E-state index contributed by atoms with van der Waals surface area (Å²) in [5.74, 6) is 2.62. The Kier molecular flexibility index (Phi) is 7.30. The molecular formula is C22H26FNO2S2. The molecule has 1 N–H and O–H groups in total. The largest absolute Gasteiger partial charge is 0.484 e. The first-order valence-corrected chi connectivity index (χ1v) is 11.5. The van der Waals surface area contributed by atoms with E-state index in [1.807, 2.05) is 49.5 Å². The number of ether oxygens (including phenoxy) is 1. The second-order valence-electron chi connectivity index (χ2n) is 7.43. The lowest BCUT2D eigenvalue weighted by Crippen LogP contribution is -2.39. The summed E-state index contributed by atoms with van der Waals surface area (Å²) in [5, 5.41) is 2.84. The van der Waals surface area contributed by atoms with Crippen molar-refractivity contribution in [2.24, 2.45) is 0 Å². The molecule has 1 heterocycles. The van der Waals surface area contributed by atoms with E-state index in [4.69, 9.17) is 4.74 Å². The van der Waals surface area contributed by atoms with Crippen LogP contribution < -0.4 is 10.1 Å². The Morgan fingerprint density at radius 3 is 2.50 bits per heavy atom. The predicted molar refractivity (Wildman–Crippen MR) is 117 cm³/mol. The Balaban J connectivity index is 1.47. The standard InChI is InChI=1S/C22H26FNO2S2/c1-22(2,18-6-3-4-7-19(18)23)15-24-20(25)14-26-17-10-8-16(9-11-17)21-27-12-5-13-28-21/h3-4,6-11,21H,5,12-15H2,1-2H3,(H,24,25). The molecule has 0 unspecified atom stereocenters. The van der Waals surface area contributed by atoms with Crippen LogP contribution in [0.25, 0.3) is 0 Å². The number of nitrogens with one attached hydrogen (secondary N) is 1. The molecule has 2 aromatic carbocycles. The van der Waals surface area contributed by atoms with Crippen molar-refractivity contribution in [1.29, 1.82) is 0 Å². The Morgan fingerprint density at radius 1 is 1.14 bits per heavy atom. The van der Waals surface area contributed by atoms with Gasteiger partial charge < -0.3 is 10.1 Å². The van der Waals surface area contributed by atoms with Crippen LogP contribution >= 0.6 is 23.5 Å². The molecule has 1 fully saturated rings. The van der Waals surface area contributed by atoms with E-state index in [1.165, 1.54) is 29.6 Å². The van der Waals surface area contributed by atoms with Crippen LogP contribution in [0, 0.1) is 5.82 Å². The second-order valence-corrected chi connectivity index (χ2v) is 10.1. The van der Waals surface area contributed by atoms with Gasteiger partial charge in [0.25, 0.3) is 5.91 Å². The lowest BCUT2D eigenvalue weighted by atomic mass is 9.84. The maximum Gasteiger partial charge on any atom is 0.257 e. The van der Waals surface area contributed by atoms with Crippen LogP contribution in [0.2, 0.25) is 0 Å². The van der Waals surface area contributed by atoms with Crippen molar-refractivity contribution in [3.05, 3.63) is 65.5 Å². The van der Waals surface area contributed by atoms with Crippen molar-refractivity contribution < 1.29 is 13.9 Å². The normalized spacial score (nSPS) is 15.2. The summed E-state index contributed by atoms with van der Waals surface area (Å²) < 4.78 is 20.1. The zero-order valence-electron chi connectivity index (χ0n) is 16.2. The van der Waals surface area contributed by atoms with Gasteiger partial charge in [0.05, 0.1) is 4.58 Å². The van der Waals surface area contributed by atoms with E-state index < -0.39 is 5.41 Å². The number of carbonyl (C=O) groups is 1. The van der Waals surface area contributed by atoms with E-state index in [2.05, 4.69) is 17.4 Å². The molecule has 0 spiro atoms. The van der Waals surface area contributed by atoms with Gasteiger partial charge in [-0.15, -0.1) is 23.5 Å². The molecular weight excluding hydrogens is 393 g/mol. The molecule has 150 valence electrons. The van der Waals surface area contributed by atoms with E-state index in [0.717, 1.165) is 0 Å². The van der Waals surface area contributed by atoms with Gasteiger partial charge in [-0.2, -0.15) is 0 Å². The zero-order valence-corrected chi connectivity index (χ0v) is 17.9. The SMILES string of the molecule is CC(C)(CNC(=O)COc1ccc(C2SCCCS2)cc1)c1ccccc1F. The van der Waals surface area contributed by atoms with Crippen molar-refractivity contribution >= 4 is 29.4 Å². The maximum atomic E-state index is 14.0. The van der Waals surface area contributed by atoms with E-state index in [-0.39, 0.29) is 18.3 Å². The maximum absolute atomic E-state index is 14.0. The fraction of sp³-hybridized carbons (Fsp3) is 0.409. The second kappa shape index (κ2) is 9.70. The van der Waals surface area contributed by atoms with E-state index in [9.17, 15) is 9.18 Å². The van der Waals surface area contributed by atoms with Gasteiger partial charge in [-0.1, -0.05) is 44.2 Å². The van der Waals surface area contributed by atoms with Gasteiger partial charge in [-0.3, -0.25) is 4.79 Å². The quantitative estimate of drug-likeness (QED) is 0.672. The highest BCUT2D eigenvalue weighted by Crippen LogP contribution is 2.43. The molecule has 0 saturated carbocycles. The van der Waals surface area contributed by atoms with Crippen LogP contribution in [0.1, 0.15) is 36.0 Å². The Morgan fingerprint density at radius 2 is 1.82 bits per heavy atom. The minimum Gasteiger partial charge on any atom is -0.484 e. The number of rotatable bonds is 7. The van der Waals surface area contributed by atoms with Crippen molar-refractivity contribution in [3.8, 4) is 5.75 Å². The average molecular weight is 420 g/mol. The number of thioether (sulfide) groups is 2. The first kappa shape index (κ1) is 21.1. The smallest absolute Gasteiger partial charge is 0.257 e. The molecule has 0 radical (unpaired) electrons. The van der Waals surface area contributed by atoms with Gasteiger partial charge in [-0.05, 0) is 47.3 Å². The third-order valence-corrected chi connectivity index (χ3v) is 7.69. The number of benzene rings is 2. The number of halogens is 1. The van der Waals surface area contributed by atoms with Crippen molar-refractivity contribution in [2.45, 2.75) is 30.3 Å². The first-order valence-electron chi connectivity index (χ1n) is 9.43. The molecule has 1 aliphatic heterocycles. The molecule has 2 aromatic rings. The Labute approximate surface area is 174 Å². The molecule has 1 saturated heterocycles. The molecule has 0 bridgehead atoms. The molecule has 3 nitrogen and oxygen atoms in total. The summed E-state index contributed by atoms with van der Waals surface area (Å²) in [6.45, 7) is 4.10. The van der Waals surface area contributed by atoms with Crippen molar-refractivity contribution in [2.75, 3.05) is 24.7 Å². The molecule has 6 heteroatoms. The third kappa shape index (κ3) is 5.67. The highest BCUT2D eigenvalue weighted by atomic mass is 32.2. The third-order valence-electron chi connectivity index (χ3n) is 4.68. The first-order chi connectivity index (χ1) is 13.5. The van der Waals surface area contributed by atoms with Gasteiger partial charge >= 0.3 is 0 Å². The van der Waals surface area contributed by atoms with Crippen LogP contribution in [-0.4, -0.2) is 30.6 Å². The van der Waals surface area contributed by atoms with Crippen molar-refractivity contribution in [3.63, 3.8) is 0 Å². The average Bonchev–Trinajstić information content (AvgIpc) is 2.72. The lowest BCUT2D eigenvalue weighted by Gasteiger charge is -2.26. The van der Waals surface area contributed by atoms with Crippen molar-refractivity contribution in [1.82, 2.24) is 5.32 Å². The summed E-state index contributed by atoms with van der Waals surface area (Å²) in [7, 11) is 0. The van der Waals surface area contributed by atoms with E-state index in [0.29, 0.717) is 22.4 Å². The molecule has 0 aromatic heterocycles. The van der Waals surface area contributed by atoms with Crippen LogP contribution in [-0.2, 0) is 10.2 Å². The predicted octanol–water partition coefficient (Wildman–Crippen LogP) is 5.17. The summed E-state index contributed by atoms with van der Waals surface area (Å²) in [5.41, 5.74) is 1.38. The molecule has 3 rings (SSSR count). The molecule has 0 atom stereocenters. The highest BCUT2D eigenvalue weighted by molar-refractivity contribution is 8.16. The molecule has 28 heavy (non-hydrogen) atoms. The van der Waals surface area contributed by atoms with Crippen LogP contribution in [0.3, 0.4) is 0 Å². The van der Waals surface area contributed by atoms with Gasteiger partial charge in [0.1, 0.15) is 11.6 Å². The highest BCUT2D eigenvalue weighted by Gasteiger charge is 2.24. The summed E-state index contributed by atoms with van der Waals surface area (Å²) >= 11 is 3.96. The van der Waals surface area contributed by atoms with E-state index in [1.54, 1.807) is 18.2 Å². The Bertz CT molecular complexity index is 789. The lowest BCUT2D eigenvalue weighted by molar-refractivity contribution is -0.123. The molecule has 0 aliphatic carbocycles. The number of hydrogen-bond donors (Lipinski definition) is 1. The minimum atomic E-state index is -0.502. The van der Waals surface area contributed by atoms with Gasteiger partial charge in [0.15, 0.2) is 6.61 Å². The molecule has 1 amide bonds. The Hall–Kier alpha value is -1.66. The monoisotopic (exact) mass is 419 g/mol. The summed E-state index contributed by atoms with van der Waals surface area (Å²) in [4.78, 5) is 12.2. The van der Waals surface area contributed by atoms with Crippen LogP contribution in [0.15, 0.2) is 48.5 Å². The minimum absolute atomic E-state index is 0.0559.